The highest BCUT2D eigenvalue weighted by Crippen LogP contribution is 2.29. The number of esters is 1. The molecule has 0 bridgehead atoms. The summed E-state index contributed by atoms with van der Waals surface area (Å²) in [5, 5.41) is 9.31. The zero-order chi connectivity index (χ0) is 15.2. The summed E-state index contributed by atoms with van der Waals surface area (Å²) in [7, 11) is 1.40. The summed E-state index contributed by atoms with van der Waals surface area (Å²) in [6.45, 7) is 5.63. The third-order valence-electron chi connectivity index (χ3n) is 3.29. The normalized spacial score (nSPS) is 26.9. The minimum atomic E-state index is -0.689. The molecule has 3 atom stereocenters. The molecule has 0 spiro atoms. The van der Waals surface area contributed by atoms with E-state index in [1.165, 1.54) is 7.11 Å². The number of carbonyl (C=O) groups excluding carboxylic acids is 1. The van der Waals surface area contributed by atoms with Crippen LogP contribution in [0.3, 0.4) is 0 Å². The van der Waals surface area contributed by atoms with E-state index in [4.69, 9.17) is 14.2 Å². The number of allylic oxidation sites excluding steroid dienone is 1. The summed E-state index contributed by atoms with van der Waals surface area (Å²) in [6.07, 6.45) is 5.47. The summed E-state index contributed by atoms with van der Waals surface area (Å²) in [4.78, 5) is 11.4. The van der Waals surface area contributed by atoms with E-state index < -0.39 is 5.79 Å². The summed E-state index contributed by atoms with van der Waals surface area (Å²) in [5.74, 6) is -0.778. The maximum atomic E-state index is 11.4. The van der Waals surface area contributed by atoms with Crippen molar-refractivity contribution in [3.05, 3.63) is 12.2 Å². The fourth-order valence-corrected chi connectivity index (χ4v) is 2.37. The summed E-state index contributed by atoms with van der Waals surface area (Å²) in [6, 6.07) is 0. The molecule has 0 radical (unpaired) electrons. The Balaban J connectivity index is 2.64. The van der Waals surface area contributed by atoms with E-state index in [0.29, 0.717) is 6.42 Å². The quantitative estimate of drug-likeness (QED) is 0.573. The third-order valence-corrected chi connectivity index (χ3v) is 3.29. The van der Waals surface area contributed by atoms with Gasteiger partial charge in [-0.25, -0.2) is 0 Å². The van der Waals surface area contributed by atoms with Crippen molar-refractivity contribution >= 4 is 5.97 Å². The molecule has 5 nitrogen and oxygen atoms in total. The third kappa shape index (κ3) is 5.23. The van der Waals surface area contributed by atoms with Crippen LogP contribution in [0.25, 0.3) is 0 Å². The Kier molecular flexibility index (Phi) is 6.65. The molecule has 1 rings (SSSR count). The van der Waals surface area contributed by atoms with Crippen LogP contribution in [0.2, 0.25) is 0 Å². The molecule has 0 amide bonds. The molecular formula is C15H26O5. The molecule has 0 saturated carbocycles. The van der Waals surface area contributed by atoms with E-state index in [-0.39, 0.29) is 30.7 Å². The monoisotopic (exact) mass is 286 g/mol. The second-order valence-electron chi connectivity index (χ2n) is 5.54. The molecule has 1 aliphatic heterocycles. The van der Waals surface area contributed by atoms with E-state index in [0.717, 1.165) is 12.8 Å². The van der Waals surface area contributed by atoms with Gasteiger partial charge in [0, 0.05) is 0 Å². The minimum absolute atomic E-state index is 0.0894. The van der Waals surface area contributed by atoms with Gasteiger partial charge in [0.05, 0.1) is 20.1 Å². The first-order chi connectivity index (χ1) is 9.41. The molecule has 116 valence electrons. The second-order valence-corrected chi connectivity index (χ2v) is 5.54. The van der Waals surface area contributed by atoms with Gasteiger partial charge in [-0.3, -0.25) is 4.79 Å². The Hall–Kier alpha value is -0.910. The van der Waals surface area contributed by atoms with E-state index in [9.17, 15) is 9.90 Å². The van der Waals surface area contributed by atoms with Gasteiger partial charge >= 0.3 is 5.97 Å². The predicted molar refractivity (Wildman–Crippen MR) is 75.1 cm³/mol. The van der Waals surface area contributed by atoms with Gasteiger partial charge in [-0.1, -0.05) is 25.5 Å². The SMILES string of the molecule is CCC[C@H](/C=C/[C@@H]1OC(C)(C)O[C@@H]1CO)CC(=O)OC. The lowest BCUT2D eigenvalue weighted by atomic mass is 9.98. The maximum absolute atomic E-state index is 11.4. The first-order valence-corrected chi connectivity index (χ1v) is 7.13. The molecule has 1 N–H and O–H groups in total. The molecular weight excluding hydrogens is 260 g/mol. The lowest BCUT2D eigenvalue weighted by Gasteiger charge is -2.16. The van der Waals surface area contributed by atoms with Crippen molar-refractivity contribution in [1.29, 1.82) is 0 Å². The average molecular weight is 286 g/mol. The largest absolute Gasteiger partial charge is 0.469 e. The number of hydrogen-bond acceptors (Lipinski definition) is 5. The van der Waals surface area contributed by atoms with Gasteiger partial charge in [-0.15, -0.1) is 0 Å². The van der Waals surface area contributed by atoms with Crippen molar-refractivity contribution in [2.45, 2.75) is 58.0 Å². The first-order valence-electron chi connectivity index (χ1n) is 7.13. The van der Waals surface area contributed by atoms with Crippen molar-refractivity contribution in [2.75, 3.05) is 13.7 Å². The first kappa shape index (κ1) is 17.1. The molecule has 0 unspecified atom stereocenters. The summed E-state index contributed by atoms with van der Waals surface area (Å²) >= 11 is 0. The van der Waals surface area contributed by atoms with Gasteiger partial charge in [0.1, 0.15) is 12.2 Å². The molecule has 5 heteroatoms. The Labute approximate surface area is 120 Å². The van der Waals surface area contributed by atoms with Crippen molar-refractivity contribution in [3.63, 3.8) is 0 Å². The molecule has 20 heavy (non-hydrogen) atoms. The molecule has 0 aromatic rings. The molecule has 1 aliphatic rings. The van der Waals surface area contributed by atoms with E-state index in [2.05, 4.69) is 6.92 Å². The Morgan fingerprint density at radius 1 is 1.45 bits per heavy atom. The van der Waals surface area contributed by atoms with Gasteiger partial charge in [-0.05, 0) is 26.2 Å². The number of rotatable bonds is 7. The summed E-state index contributed by atoms with van der Waals surface area (Å²) in [5.41, 5.74) is 0. The predicted octanol–water partition coefficient (Wildman–Crippen LogP) is 2.03. The molecule has 1 heterocycles. The number of aliphatic hydroxyl groups is 1. The fourth-order valence-electron chi connectivity index (χ4n) is 2.37. The fraction of sp³-hybridized carbons (Fsp3) is 0.800. The highest BCUT2D eigenvalue weighted by atomic mass is 16.8. The van der Waals surface area contributed by atoms with E-state index in [1.54, 1.807) is 0 Å². The van der Waals surface area contributed by atoms with Crippen LogP contribution in [0, 0.1) is 5.92 Å². The zero-order valence-corrected chi connectivity index (χ0v) is 12.8. The van der Waals surface area contributed by atoms with E-state index in [1.807, 2.05) is 26.0 Å². The molecule has 0 aromatic heterocycles. The Morgan fingerprint density at radius 2 is 2.15 bits per heavy atom. The van der Waals surface area contributed by atoms with Crippen LogP contribution >= 0.6 is 0 Å². The number of ether oxygens (including phenoxy) is 3. The molecule has 0 aliphatic carbocycles. The number of aliphatic hydroxyl groups excluding tert-OH is 1. The standard InChI is InChI=1S/C15H26O5/c1-5-6-11(9-14(17)18-4)7-8-12-13(10-16)20-15(2,3)19-12/h7-8,11-13,16H,5-6,9-10H2,1-4H3/b8-7+/t11-,12+,13-/m1/s1. The molecule has 1 fully saturated rings. The lowest BCUT2D eigenvalue weighted by Crippen LogP contribution is -2.25. The highest BCUT2D eigenvalue weighted by molar-refractivity contribution is 5.69. The Morgan fingerprint density at radius 3 is 2.70 bits per heavy atom. The Bertz CT molecular complexity index is 337. The maximum Gasteiger partial charge on any atom is 0.306 e. The second kappa shape index (κ2) is 7.76. The van der Waals surface area contributed by atoms with Crippen LogP contribution in [0.4, 0.5) is 0 Å². The van der Waals surface area contributed by atoms with Crippen LogP contribution in [0.5, 0.6) is 0 Å². The van der Waals surface area contributed by atoms with Gasteiger partial charge < -0.3 is 19.3 Å². The van der Waals surface area contributed by atoms with Gasteiger partial charge in [-0.2, -0.15) is 0 Å². The summed E-state index contributed by atoms with van der Waals surface area (Å²) < 4.78 is 16.0. The van der Waals surface area contributed by atoms with Gasteiger partial charge in [0.15, 0.2) is 5.79 Å². The van der Waals surface area contributed by atoms with Crippen LogP contribution < -0.4 is 0 Å². The van der Waals surface area contributed by atoms with Crippen LogP contribution in [0.1, 0.15) is 40.0 Å². The van der Waals surface area contributed by atoms with Crippen LogP contribution in [0.15, 0.2) is 12.2 Å². The van der Waals surface area contributed by atoms with Crippen molar-refractivity contribution in [1.82, 2.24) is 0 Å². The average Bonchev–Trinajstić information content (AvgIpc) is 2.70. The smallest absolute Gasteiger partial charge is 0.306 e. The van der Waals surface area contributed by atoms with Crippen LogP contribution in [-0.2, 0) is 19.0 Å². The number of methoxy groups -OCH3 is 1. The molecule has 1 saturated heterocycles. The van der Waals surface area contributed by atoms with Crippen molar-refractivity contribution in [2.24, 2.45) is 5.92 Å². The highest BCUT2D eigenvalue weighted by Gasteiger charge is 2.39. The van der Waals surface area contributed by atoms with Crippen molar-refractivity contribution < 1.29 is 24.1 Å². The van der Waals surface area contributed by atoms with Crippen LogP contribution in [-0.4, -0.2) is 42.8 Å². The lowest BCUT2D eigenvalue weighted by molar-refractivity contribution is -0.146. The van der Waals surface area contributed by atoms with Gasteiger partial charge in [0.2, 0.25) is 0 Å². The van der Waals surface area contributed by atoms with Crippen molar-refractivity contribution in [3.8, 4) is 0 Å². The number of carbonyl (C=O) groups is 1. The minimum Gasteiger partial charge on any atom is -0.469 e. The number of hydrogen-bond donors (Lipinski definition) is 1. The van der Waals surface area contributed by atoms with E-state index >= 15 is 0 Å². The van der Waals surface area contributed by atoms with Gasteiger partial charge in [0.25, 0.3) is 0 Å². The molecule has 0 aromatic carbocycles. The topological polar surface area (TPSA) is 65.0 Å². The zero-order valence-electron chi connectivity index (χ0n) is 12.8.